The first-order chi connectivity index (χ1) is 13.5. The van der Waals surface area contributed by atoms with Gasteiger partial charge in [0.15, 0.2) is 0 Å². The average molecular weight is 497 g/mol. The van der Waals surface area contributed by atoms with Gasteiger partial charge in [-0.1, -0.05) is 0 Å². The van der Waals surface area contributed by atoms with Crippen molar-refractivity contribution in [2.75, 3.05) is 0 Å². The maximum Gasteiger partial charge on any atom is 2.00 e. The van der Waals surface area contributed by atoms with E-state index in [1.165, 1.54) is 0 Å². The summed E-state index contributed by atoms with van der Waals surface area (Å²) in [6, 6.07) is -0.186. The fourth-order valence-corrected chi connectivity index (χ4v) is 6.21. The van der Waals surface area contributed by atoms with Crippen molar-refractivity contribution in [2.24, 2.45) is 0 Å². The maximum atomic E-state index is 14.4. The van der Waals surface area contributed by atoms with Gasteiger partial charge < -0.3 is 17.2 Å². The molecule has 0 N–H and O–H groups in total. The molecule has 0 saturated carbocycles. The van der Waals surface area contributed by atoms with Crippen LogP contribution >= 0.6 is 0 Å². The first kappa shape index (κ1) is 27.3. The molecular weight excluding hydrogens is 491 g/mol. The van der Waals surface area contributed by atoms with E-state index in [0.29, 0.717) is 0 Å². The van der Waals surface area contributed by atoms with Crippen LogP contribution in [-0.2, 0) is 0 Å². The Morgan fingerprint density at radius 3 is 0.774 bits per heavy atom. The van der Waals surface area contributed by atoms with Gasteiger partial charge in [0.2, 0.25) is 0 Å². The van der Waals surface area contributed by atoms with Gasteiger partial charge in [-0.15, -0.1) is 0 Å². The zero-order valence-electron chi connectivity index (χ0n) is 14.9. The molecule has 3 aromatic carbocycles. The van der Waals surface area contributed by atoms with Crippen LogP contribution in [-0.4, -0.2) is 31.4 Å². The number of hydrogen-bond donors (Lipinski definition) is 0. The third-order valence-corrected chi connectivity index (χ3v) is 7.62. The van der Waals surface area contributed by atoms with Crippen molar-refractivity contribution in [3.05, 3.63) is 88.8 Å². The molecule has 0 bridgehead atoms. The molecule has 0 aliphatic carbocycles. The van der Waals surface area contributed by atoms with Gasteiger partial charge in [0.05, 0.1) is 8.32 Å². The van der Waals surface area contributed by atoms with Crippen molar-refractivity contribution in [1.82, 2.24) is 0 Å². The Morgan fingerprint density at radius 2 is 0.613 bits per heavy atom. The Bertz CT molecular complexity index is 937. The molecule has 3 rings (SSSR count). The smallest absolute Gasteiger partial charge is 1.00 e. The average Bonchev–Trinajstić information content (AvgIpc) is 2.51. The topological polar surface area (TPSA) is 23.1 Å². The Hall–Kier alpha value is -1.74. The molecule has 0 aromatic heterocycles. The number of benzene rings is 3. The van der Waals surface area contributed by atoms with Crippen LogP contribution in [0.15, 0.2) is 36.4 Å². The van der Waals surface area contributed by atoms with Crippen molar-refractivity contribution in [1.29, 1.82) is 0 Å². The van der Waals surface area contributed by atoms with Gasteiger partial charge in [-0.25, -0.2) is 39.5 Å². The second-order valence-electron chi connectivity index (χ2n) is 5.91. The van der Waals surface area contributed by atoms with E-state index in [4.69, 9.17) is 0 Å². The molecular formula is C18H6ClF9MgOSi. The van der Waals surface area contributed by atoms with Gasteiger partial charge in [-0.05, 0) is 0 Å². The molecule has 160 valence electrons. The predicted molar refractivity (Wildman–Crippen MR) is 89.4 cm³/mol. The number of rotatable bonds is 3. The molecule has 0 fully saturated rings. The van der Waals surface area contributed by atoms with Crippen LogP contribution in [0.5, 0.6) is 0 Å². The fourth-order valence-electron chi connectivity index (χ4n) is 3.01. The minimum Gasteiger partial charge on any atom is -1.00 e. The van der Waals surface area contributed by atoms with Gasteiger partial charge in [0.1, 0.15) is 52.4 Å². The van der Waals surface area contributed by atoms with Crippen molar-refractivity contribution in [3.8, 4) is 0 Å². The maximum absolute atomic E-state index is 14.4. The molecule has 0 aliphatic heterocycles. The van der Waals surface area contributed by atoms with E-state index in [2.05, 4.69) is 0 Å². The van der Waals surface area contributed by atoms with Gasteiger partial charge >= 0.3 is 23.1 Å². The predicted octanol–water partition coefficient (Wildman–Crippen LogP) is -1.11. The van der Waals surface area contributed by atoms with E-state index >= 15 is 0 Å². The summed E-state index contributed by atoms with van der Waals surface area (Å²) in [5.41, 5.74) is 0. The van der Waals surface area contributed by atoms with Crippen LogP contribution < -0.4 is 32.8 Å². The second kappa shape index (κ2) is 9.82. The van der Waals surface area contributed by atoms with Crippen LogP contribution in [0.3, 0.4) is 0 Å². The van der Waals surface area contributed by atoms with Gasteiger partial charge in [0, 0.05) is 52.0 Å². The van der Waals surface area contributed by atoms with Crippen LogP contribution in [0.25, 0.3) is 0 Å². The molecule has 31 heavy (non-hydrogen) atoms. The zero-order chi connectivity index (χ0) is 21.7. The molecule has 0 aliphatic rings. The summed E-state index contributed by atoms with van der Waals surface area (Å²) in [6.07, 6.45) is 0. The van der Waals surface area contributed by atoms with E-state index < -0.39 is 76.2 Å². The number of hydrogen-bond acceptors (Lipinski definition) is 1. The van der Waals surface area contributed by atoms with Gasteiger partial charge in [-0.3, -0.25) is 0 Å². The standard InChI is InChI=1S/C18H6F9OSi.ClH.Mg/c19-7-1-10(22)16(11(23)2-7)29(28,17-12(24)3-8(20)4-13(17)25)18-14(26)5-9(21)6-15(18)27;;/h1-6H;1H;/q-1;;+2/p-1. The third-order valence-electron chi connectivity index (χ3n) is 4.08. The minimum atomic E-state index is -6.21. The minimum absolute atomic E-state index is 0. The summed E-state index contributed by atoms with van der Waals surface area (Å²) >= 11 is 0. The SMILES string of the molecule is [Cl-].[Mg+2].[O-][Si](c1c(F)cc(F)cc1F)(c1c(F)cc(F)cc1F)c1c(F)cc(F)cc1F. The molecule has 1 nitrogen and oxygen atoms in total. The monoisotopic (exact) mass is 496 g/mol. The number of halogens is 10. The molecule has 0 radical (unpaired) electrons. The van der Waals surface area contributed by atoms with Crippen LogP contribution in [0.4, 0.5) is 39.5 Å². The van der Waals surface area contributed by atoms with Gasteiger partial charge in [0.25, 0.3) is 0 Å². The Morgan fingerprint density at radius 1 is 0.452 bits per heavy atom. The molecule has 0 unspecified atom stereocenters. The Labute approximate surface area is 192 Å². The van der Waals surface area contributed by atoms with Crippen molar-refractivity contribution in [2.45, 2.75) is 0 Å². The normalized spacial score (nSPS) is 11.0. The molecule has 13 heteroatoms. The Balaban J connectivity index is 0.00000240. The van der Waals surface area contributed by atoms with E-state index in [-0.39, 0.29) is 71.9 Å². The van der Waals surface area contributed by atoms with Crippen molar-refractivity contribution in [3.63, 3.8) is 0 Å². The van der Waals surface area contributed by atoms with E-state index in [9.17, 15) is 44.3 Å². The molecule has 0 spiro atoms. The van der Waals surface area contributed by atoms with Crippen molar-refractivity contribution >= 4 is 46.9 Å². The fraction of sp³-hybridized carbons (Fsp3) is 0. The Kier molecular flexibility index (Phi) is 8.64. The van der Waals surface area contributed by atoms with E-state index in [1.54, 1.807) is 0 Å². The molecule has 0 amide bonds. The molecule has 0 atom stereocenters. The van der Waals surface area contributed by atoms with Crippen LogP contribution in [0.1, 0.15) is 0 Å². The first-order valence-corrected chi connectivity index (χ1v) is 9.53. The van der Waals surface area contributed by atoms with Crippen LogP contribution in [0.2, 0.25) is 0 Å². The third kappa shape index (κ3) is 4.72. The van der Waals surface area contributed by atoms with E-state index in [1.807, 2.05) is 0 Å². The zero-order valence-corrected chi connectivity index (χ0v) is 18.0. The second-order valence-corrected chi connectivity index (χ2v) is 8.78. The summed E-state index contributed by atoms with van der Waals surface area (Å²) in [5, 5.41) is -5.23. The van der Waals surface area contributed by atoms with Crippen molar-refractivity contribution < 1.29 is 56.7 Å². The summed E-state index contributed by atoms with van der Waals surface area (Å²) in [4.78, 5) is 13.7. The first-order valence-electron chi connectivity index (χ1n) is 7.62. The quantitative estimate of drug-likeness (QED) is 0.256. The van der Waals surface area contributed by atoms with Crippen LogP contribution in [0, 0.1) is 52.4 Å². The summed E-state index contributed by atoms with van der Waals surface area (Å²) in [6.45, 7) is 0. The molecule has 0 saturated heterocycles. The summed E-state index contributed by atoms with van der Waals surface area (Å²) in [7, 11) is -6.21. The summed E-state index contributed by atoms with van der Waals surface area (Å²) in [5.74, 6) is -16.4. The largest absolute Gasteiger partial charge is 2.00 e. The molecule has 3 aromatic rings. The van der Waals surface area contributed by atoms with E-state index in [0.717, 1.165) is 0 Å². The summed E-state index contributed by atoms with van der Waals surface area (Å²) < 4.78 is 126. The molecule has 0 heterocycles. The van der Waals surface area contributed by atoms with Gasteiger partial charge in [-0.2, -0.15) is 0 Å².